The summed E-state index contributed by atoms with van der Waals surface area (Å²) in [4.78, 5) is 7.09. The normalized spacial score (nSPS) is 22.7. The van der Waals surface area contributed by atoms with Crippen molar-refractivity contribution in [2.45, 2.75) is 32.0 Å². The monoisotopic (exact) mass is 385 g/mol. The molecule has 6 heteroatoms. The Morgan fingerprint density at radius 2 is 1.75 bits per heavy atom. The van der Waals surface area contributed by atoms with Gasteiger partial charge in [0.2, 0.25) is 0 Å². The van der Waals surface area contributed by atoms with Crippen LogP contribution in [0.2, 0.25) is 10.0 Å². The van der Waals surface area contributed by atoms with Crippen LogP contribution in [-0.2, 0) is 0 Å². The number of hydrogen-bond donors (Lipinski definition) is 1. The van der Waals surface area contributed by atoms with E-state index in [2.05, 4.69) is 41.2 Å². The van der Waals surface area contributed by atoms with Gasteiger partial charge in [0, 0.05) is 36.4 Å². The number of piperazine rings is 1. The lowest BCUT2D eigenvalue weighted by molar-refractivity contribution is 0.111. The van der Waals surface area contributed by atoms with E-state index in [1.807, 2.05) is 24.3 Å². The molecule has 24 heavy (non-hydrogen) atoms. The van der Waals surface area contributed by atoms with E-state index >= 15 is 0 Å². The molecule has 1 fully saturated rings. The minimum Gasteiger partial charge on any atom is -0.311 e. The lowest BCUT2D eigenvalue weighted by Crippen LogP contribution is -2.55. The first-order valence-corrected chi connectivity index (χ1v) is 8.66. The highest BCUT2D eigenvalue weighted by Crippen LogP contribution is 2.31. The van der Waals surface area contributed by atoms with E-state index in [1.165, 1.54) is 5.56 Å². The molecule has 3 rings (SSSR count). The summed E-state index contributed by atoms with van der Waals surface area (Å²) in [6.45, 7) is 6.41. The number of nitrogens with zero attached hydrogens (tertiary/aromatic N) is 2. The zero-order chi connectivity index (χ0) is 16.4. The minimum atomic E-state index is 0. The Kier molecular flexibility index (Phi) is 6.90. The molecule has 0 saturated carbocycles. The average Bonchev–Trinajstić information content (AvgIpc) is 2.54. The smallest absolute Gasteiger partial charge is 0.0779 e. The molecule has 1 aliphatic heterocycles. The van der Waals surface area contributed by atoms with Crippen LogP contribution in [0.15, 0.2) is 42.6 Å². The fourth-order valence-corrected chi connectivity index (χ4v) is 3.37. The van der Waals surface area contributed by atoms with Crippen LogP contribution in [0.25, 0.3) is 0 Å². The lowest BCUT2D eigenvalue weighted by Gasteiger charge is -2.42. The molecule has 0 bridgehead atoms. The summed E-state index contributed by atoms with van der Waals surface area (Å²) in [5, 5.41) is 4.94. The van der Waals surface area contributed by atoms with Crippen LogP contribution in [0, 0.1) is 0 Å². The van der Waals surface area contributed by atoms with Gasteiger partial charge < -0.3 is 5.32 Å². The summed E-state index contributed by atoms with van der Waals surface area (Å²) in [5.41, 5.74) is 2.21. The summed E-state index contributed by atoms with van der Waals surface area (Å²) < 4.78 is 0. The second kappa shape index (κ2) is 8.50. The van der Waals surface area contributed by atoms with Gasteiger partial charge in [-0.15, -0.1) is 12.4 Å². The van der Waals surface area contributed by atoms with Crippen molar-refractivity contribution in [3.63, 3.8) is 0 Å². The van der Waals surface area contributed by atoms with Crippen molar-refractivity contribution < 1.29 is 0 Å². The standard InChI is InChI=1S/C18H21Cl2N3.ClH/c1-12-11-23(13(2)9-21-12)18(14-3-5-15(19)6-4-14)17-8-7-16(20)10-22-17;/h3-8,10,12-13,18,21H,9,11H2,1-2H3;1H/t12-,13+,18?;/m0./s1. The van der Waals surface area contributed by atoms with Crippen molar-refractivity contribution in [2.24, 2.45) is 0 Å². The first kappa shape index (κ1) is 19.5. The van der Waals surface area contributed by atoms with E-state index in [0.29, 0.717) is 17.1 Å². The third-order valence-corrected chi connectivity index (χ3v) is 4.84. The number of aromatic nitrogens is 1. The summed E-state index contributed by atoms with van der Waals surface area (Å²) >= 11 is 12.1. The maximum absolute atomic E-state index is 6.06. The molecule has 1 aromatic heterocycles. The molecule has 0 radical (unpaired) electrons. The van der Waals surface area contributed by atoms with Gasteiger partial charge in [0.05, 0.1) is 16.8 Å². The van der Waals surface area contributed by atoms with Gasteiger partial charge in [0.15, 0.2) is 0 Å². The highest BCUT2D eigenvalue weighted by atomic mass is 35.5. The van der Waals surface area contributed by atoms with Crippen molar-refractivity contribution in [3.05, 3.63) is 63.9 Å². The molecule has 1 unspecified atom stereocenters. The Morgan fingerprint density at radius 1 is 1.08 bits per heavy atom. The molecule has 2 heterocycles. The van der Waals surface area contributed by atoms with Crippen LogP contribution in [0.4, 0.5) is 0 Å². The van der Waals surface area contributed by atoms with E-state index in [9.17, 15) is 0 Å². The molecule has 0 spiro atoms. The molecule has 1 saturated heterocycles. The summed E-state index contributed by atoms with van der Waals surface area (Å²) in [7, 11) is 0. The SMILES string of the molecule is C[C@@H]1CN[C@@H](C)CN1C(c1ccc(Cl)cc1)c1ccc(Cl)cn1.Cl. The average molecular weight is 387 g/mol. The van der Waals surface area contributed by atoms with Crippen molar-refractivity contribution in [3.8, 4) is 0 Å². The number of pyridine rings is 1. The van der Waals surface area contributed by atoms with Gasteiger partial charge in [-0.05, 0) is 43.7 Å². The Labute approximate surface area is 159 Å². The van der Waals surface area contributed by atoms with Gasteiger partial charge in [-0.1, -0.05) is 35.3 Å². The van der Waals surface area contributed by atoms with Gasteiger partial charge in [0.25, 0.3) is 0 Å². The lowest BCUT2D eigenvalue weighted by atomic mass is 9.97. The molecule has 3 nitrogen and oxygen atoms in total. The van der Waals surface area contributed by atoms with Crippen LogP contribution in [0.1, 0.15) is 31.1 Å². The van der Waals surface area contributed by atoms with E-state index in [0.717, 1.165) is 23.8 Å². The second-order valence-corrected chi connectivity index (χ2v) is 7.08. The molecule has 0 amide bonds. The Hall–Kier alpha value is -0.840. The number of halogens is 3. The van der Waals surface area contributed by atoms with Gasteiger partial charge >= 0.3 is 0 Å². The fourth-order valence-electron chi connectivity index (χ4n) is 3.14. The van der Waals surface area contributed by atoms with E-state index < -0.39 is 0 Å². The number of nitrogens with one attached hydrogen (secondary N) is 1. The number of benzene rings is 1. The third-order valence-electron chi connectivity index (χ3n) is 4.36. The molecule has 1 aliphatic rings. The topological polar surface area (TPSA) is 28.2 Å². The highest BCUT2D eigenvalue weighted by molar-refractivity contribution is 6.30. The molecule has 130 valence electrons. The Morgan fingerprint density at radius 3 is 2.38 bits per heavy atom. The van der Waals surface area contributed by atoms with Crippen molar-refractivity contribution in [2.75, 3.05) is 13.1 Å². The predicted octanol–water partition coefficient (Wildman–Crippen LogP) is 4.58. The zero-order valence-corrected chi connectivity index (χ0v) is 16.1. The first-order chi connectivity index (χ1) is 11.0. The Balaban J connectivity index is 0.00000208. The van der Waals surface area contributed by atoms with Gasteiger partial charge in [-0.25, -0.2) is 0 Å². The fraction of sp³-hybridized carbons (Fsp3) is 0.389. The van der Waals surface area contributed by atoms with Gasteiger partial charge in [-0.2, -0.15) is 0 Å². The second-order valence-electron chi connectivity index (χ2n) is 6.21. The van der Waals surface area contributed by atoms with Crippen LogP contribution < -0.4 is 5.32 Å². The molecular weight excluding hydrogens is 365 g/mol. The molecule has 1 aromatic carbocycles. The summed E-state index contributed by atoms with van der Waals surface area (Å²) in [6.07, 6.45) is 1.72. The van der Waals surface area contributed by atoms with Crippen LogP contribution in [0.3, 0.4) is 0 Å². The van der Waals surface area contributed by atoms with Crippen LogP contribution >= 0.6 is 35.6 Å². The Bertz CT molecular complexity index is 600. The molecule has 1 N–H and O–H groups in total. The molecule has 2 aromatic rings. The summed E-state index contributed by atoms with van der Waals surface area (Å²) in [6, 6.07) is 12.9. The van der Waals surface area contributed by atoms with E-state index in [1.54, 1.807) is 6.20 Å². The number of rotatable bonds is 3. The zero-order valence-electron chi connectivity index (χ0n) is 13.7. The van der Waals surface area contributed by atoms with Gasteiger partial charge in [-0.3, -0.25) is 9.88 Å². The number of hydrogen-bond acceptors (Lipinski definition) is 3. The third kappa shape index (κ3) is 4.41. The molecule has 0 aliphatic carbocycles. The van der Waals surface area contributed by atoms with Crippen LogP contribution in [0.5, 0.6) is 0 Å². The van der Waals surface area contributed by atoms with Crippen LogP contribution in [-0.4, -0.2) is 35.1 Å². The van der Waals surface area contributed by atoms with Gasteiger partial charge in [0.1, 0.15) is 0 Å². The highest BCUT2D eigenvalue weighted by Gasteiger charge is 2.31. The van der Waals surface area contributed by atoms with E-state index in [4.69, 9.17) is 23.2 Å². The predicted molar refractivity (Wildman–Crippen MR) is 103 cm³/mol. The molecular formula is C18H22Cl3N3. The van der Waals surface area contributed by atoms with Crippen molar-refractivity contribution in [1.29, 1.82) is 0 Å². The quantitative estimate of drug-likeness (QED) is 0.836. The minimum absolute atomic E-state index is 0. The largest absolute Gasteiger partial charge is 0.311 e. The van der Waals surface area contributed by atoms with Crippen molar-refractivity contribution in [1.82, 2.24) is 15.2 Å². The first-order valence-electron chi connectivity index (χ1n) is 7.90. The maximum atomic E-state index is 6.06. The summed E-state index contributed by atoms with van der Waals surface area (Å²) in [5.74, 6) is 0. The van der Waals surface area contributed by atoms with Crippen molar-refractivity contribution >= 4 is 35.6 Å². The van der Waals surface area contributed by atoms with E-state index in [-0.39, 0.29) is 18.4 Å². The maximum Gasteiger partial charge on any atom is 0.0779 e. The molecule has 3 atom stereocenters.